The molecule has 2 N–H and O–H groups in total. The van der Waals surface area contributed by atoms with Crippen LogP contribution in [0.2, 0.25) is 0 Å². The second-order valence-electron chi connectivity index (χ2n) is 11.8. The van der Waals surface area contributed by atoms with E-state index < -0.39 is 12.1 Å². The molecule has 8 heteroatoms. The Kier molecular flexibility index (Phi) is 13.0. The summed E-state index contributed by atoms with van der Waals surface area (Å²) >= 11 is 0. The topological polar surface area (TPSA) is 91.3 Å². The quantitative estimate of drug-likeness (QED) is 0.138. The lowest BCUT2D eigenvalue weighted by Gasteiger charge is -2.45. The van der Waals surface area contributed by atoms with Gasteiger partial charge in [-0.3, -0.25) is 14.8 Å². The van der Waals surface area contributed by atoms with Gasteiger partial charge in [0.1, 0.15) is 6.04 Å². The third-order valence-electron chi connectivity index (χ3n) is 8.77. The molecule has 0 radical (unpaired) electrons. The van der Waals surface area contributed by atoms with Gasteiger partial charge in [-0.1, -0.05) is 80.1 Å². The zero-order chi connectivity index (χ0) is 26.7. The van der Waals surface area contributed by atoms with Crippen LogP contribution < -0.4 is 5.48 Å². The van der Waals surface area contributed by atoms with Gasteiger partial charge in [-0.15, -0.1) is 0 Å². The minimum atomic E-state index is -0.588. The molecule has 36 heavy (non-hydrogen) atoms. The number of amides is 3. The molecule has 0 aromatic heterocycles. The van der Waals surface area contributed by atoms with E-state index in [9.17, 15) is 14.8 Å². The van der Waals surface area contributed by atoms with Crippen LogP contribution in [0.4, 0.5) is 4.79 Å². The highest BCUT2D eigenvalue weighted by Gasteiger charge is 2.46. The minimum Gasteiger partial charge on any atom is -0.379 e. The summed E-state index contributed by atoms with van der Waals surface area (Å²) in [5.41, 5.74) is 2.88. The molecule has 2 heterocycles. The maximum absolute atomic E-state index is 12.3. The van der Waals surface area contributed by atoms with Crippen molar-refractivity contribution < 1.29 is 24.4 Å². The van der Waals surface area contributed by atoms with E-state index in [0.717, 1.165) is 29.2 Å². The first kappa shape index (κ1) is 30.8. The van der Waals surface area contributed by atoms with E-state index >= 15 is 0 Å². The average molecular weight is 512 g/mol. The summed E-state index contributed by atoms with van der Waals surface area (Å²) in [6.07, 6.45) is 11.2. The van der Waals surface area contributed by atoms with Crippen molar-refractivity contribution in [1.82, 2.24) is 15.4 Å². The van der Waals surface area contributed by atoms with Gasteiger partial charge in [0.2, 0.25) is 0 Å². The van der Waals surface area contributed by atoms with E-state index in [1.165, 1.54) is 49.8 Å². The third-order valence-corrected chi connectivity index (χ3v) is 8.77. The normalized spacial score (nSPS) is 20.3. The monoisotopic (exact) mass is 511 g/mol. The predicted octanol–water partition coefficient (Wildman–Crippen LogP) is 5.78. The maximum Gasteiger partial charge on any atom is 0.344 e. The lowest BCUT2D eigenvalue weighted by Crippen LogP contribution is -2.49. The van der Waals surface area contributed by atoms with Gasteiger partial charge < -0.3 is 9.64 Å². The van der Waals surface area contributed by atoms with Gasteiger partial charge >= 0.3 is 6.03 Å². The Hall–Kier alpha value is -1.38. The van der Waals surface area contributed by atoms with Crippen LogP contribution >= 0.6 is 0 Å². The van der Waals surface area contributed by atoms with Gasteiger partial charge in [-0.2, -0.15) is 0 Å². The summed E-state index contributed by atoms with van der Waals surface area (Å²) in [7, 11) is 0. The van der Waals surface area contributed by atoms with E-state index in [4.69, 9.17) is 9.57 Å². The summed E-state index contributed by atoms with van der Waals surface area (Å²) in [6, 6.07) is -1.30. The van der Waals surface area contributed by atoms with E-state index in [1.807, 2.05) is 0 Å². The van der Waals surface area contributed by atoms with Crippen LogP contribution in [-0.4, -0.2) is 65.6 Å². The molecule has 0 saturated carbocycles. The Morgan fingerprint density at radius 2 is 1.50 bits per heavy atom. The molecule has 2 atom stereocenters. The van der Waals surface area contributed by atoms with Crippen molar-refractivity contribution >= 4 is 11.9 Å². The molecular weight excluding hydrogens is 458 g/mol. The molecule has 2 rings (SSSR count). The van der Waals surface area contributed by atoms with Crippen molar-refractivity contribution in [3.63, 3.8) is 0 Å². The fraction of sp³-hybridized carbons (Fsp3) is 0.929. The first-order chi connectivity index (χ1) is 17.1. The number of nitrogens with zero attached hydrogens (tertiary/aromatic N) is 2. The largest absolute Gasteiger partial charge is 0.379 e. The van der Waals surface area contributed by atoms with Crippen LogP contribution in [0.5, 0.6) is 0 Å². The lowest BCUT2D eigenvalue weighted by atomic mass is 9.60. The molecule has 0 unspecified atom stereocenters. The summed E-state index contributed by atoms with van der Waals surface area (Å²) < 4.78 is 5.61. The van der Waals surface area contributed by atoms with Crippen molar-refractivity contribution in [3.05, 3.63) is 0 Å². The number of urea groups is 1. The molecule has 2 bridgehead atoms. The zero-order valence-electron chi connectivity index (χ0n) is 23.8. The number of nitrogens with one attached hydrogen (secondary N) is 1. The second kappa shape index (κ2) is 15.1. The Bertz CT molecular complexity index is 648. The van der Waals surface area contributed by atoms with Crippen molar-refractivity contribution in [3.8, 4) is 0 Å². The molecule has 2 aliphatic heterocycles. The molecule has 0 aromatic rings. The first-order valence-corrected chi connectivity index (χ1v) is 14.4. The fourth-order valence-corrected chi connectivity index (χ4v) is 6.70. The molecule has 3 amide bonds. The van der Waals surface area contributed by atoms with Crippen molar-refractivity contribution in [2.45, 2.75) is 118 Å². The smallest absolute Gasteiger partial charge is 0.344 e. The van der Waals surface area contributed by atoms with Crippen LogP contribution in [0, 0.1) is 23.2 Å². The molecular formula is C28H53N3O5. The molecule has 2 fully saturated rings. The van der Waals surface area contributed by atoms with Crippen LogP contribution in [0.25, 0.3) is 0 Å². The molecule has 0 aromatic carbocycles. The van der Waals surface area contributed by atoms with Crippen molar-refractivity contribution in [2.75, 3.05) is 26.4 Å². The minimum absolute atomic E-state index is 0.208. The van der Waals surface area contributed by atoms with E-state index in [0.29, 0.717) is 38.0 Å². The highest BCUT2D eigenvalue weighted by atomic mass is 16.7. The summed E-state index contributed by atoms with van der Waals surface area (Å²) in [6.45, 7) is 16.2. The van der Waals surface area contributed by atoms with E-state index in [-0.39, 0.29) is 18.6 Å². The lowest BCUT2D eigenvalue weighted by molar-refractivity contribution is -0.140. The highest BCUT2D eigenvalue weighted by Crippen LogP contribution is 2.47. The highest BCUT2D eigenvalue weighted by molar-refractivity contribution is 5.87. The number of hydrogen-bond donors (Lipinski definition) is 2. The number of piperidine rings is 1. The summed E-state index contributed by atoms with van der Waals surface area (Å²) in [5, 5.41) is 10.4. The first-order valence-electron chi connectivity index (χ1n) is 14.4. The number of fused-ring (bicyclic) bond motifs is 2. The number of carbonyl (C=O) groups is 2. The van der Waals surface area contributed by atoms with Gasteiger partial charge in [-0.05, 0) is 48.9 Å². The van der Waals surface area contributed by atoms with E-state index in [2.05, 4.69) is 47.0 Å². The Morgan fingerprint density at radius 1 is 0.917 bits per heavy atom. The number of hydroxylamine groups is 3. The van der Waals surface area contributed by atoms with Crippen LogP contribution in [0.15, 0.2) is 0 Å². The predicted molar refractivity (Wildman–Crippen MR) is 141 cm³/mol. The SMILES string of the molecule is CC(C)C(CCCCCCCCCOCCONC(=O)[C@@H]1CC[C@@H]2CN1C(=O)N2O)(C(C)C)C(C)C. The second-order valence-corrected chi connectivity index (χ2v) is 11.8. The Morgan fingerprint density at radius 3 is 2.11 bits per heavy atom. The molecule has 210 valence electrons. The summed E-state index contributed by atoms with van der Waals surface area (Å²) in [5.74, 6) is 1.83. The van der Waals surface area contributed by atoms with Gasteiger partial charge in [-0.25, -0.2) is 15.3 Å². The van der Waals surface area contributed by atoms with Gasteiger partial charge in [0.15, 0.2) is 0 Å². The van der Waals surface area contributed by atoms with Crippen molar-refractivity contribution in [1.29, 1.82) is 0 Å². The van der Waals surface area contributed by atoms with Crippen LogP contribution in [0.3, 0.4) is 0 Å². The van der Waals surface area contributed by atoms with Crippen molar-refractivity contribution in [2.24, 2.45) is 23.2 Å². The number of rotatable bonds is 18. The van der Waals surface area contributed by atoms with Crippen LogP contribution in [-0.2, 0) is 14.4 Å². The number of ether oxygens (including phenoxy) is 1. The van der Waals surface area contributed by atoms with Gasteiger partial charge in [0.05, 0.1) is 19.3 Å². The fourth-order valence-electron chi connectivity index (χ4n) is 6.70. The standard InChI is InChI=1S/C28H53N3O5/c1-21(2)28(22(3)4,23(5)6)16-12-10-8-7-9-11-13-17-35-18-19-36-29-26(32)25-15-14-24-20-30(25)27(33)31(24)34/h21-25,34H,7-20H2,1-6H3,(H,29,32)/t24-,25+/m1/s1. The molecule has 2 saturated heterocycles. The number of carbonyl (C=O) groups excluding carboxylic acids is 2. The zero-order valence-corrected chi connectivity index (χ0v) is 23.8. The maximum atomic E-state index is 12.3. The van der Waals surface area contributed by atoms with E-state index in [1.54, 1.807) is 0 Å². The molecule has 0 aliphatic carbocycles. The Labute approximate surface area is 219 Å². The summed E-state index contributed by atoms with van der Waals surface area (Å²) in [4.78, 5) is 30.9. The number of hydrogen-bond acceptors (Lipinski definition) is 5. The van der Waals surface area contributed by atoms with Crippen LogP contribution in [0.1, 0.15) is 106 Å². The average Bonchev–Trinajstić information content (AvgIpc) is 3.04. The Balaban J connectivity index is 1.42. The number of unbranched alkanes of at least 4 members (excludes halogenated alkanes) is 6. The van der Waals surface area contributed by atoms with Gasteiger partial charge in [0, 0.05) is 13.2 Å². The third kappa shape index (κ3) is 8.06. The molecule has 2 aliphatic rings. The van der Waals surface area contributed by atoms with Gasteiger partial charge in [0.25, 0.3) is 5.91 Å². The molecule has 8 nitrogen and oxygen atoms in total. The molecule has 0 spiro atoms.